The van der Waals surface area contributed by atoms with Crippen molar-refractivity contribution >= 4 is 41.0 Å². The van der Waals surface area contributed by atoms with Crippen LogP contribution in [-0.4, -0.2) is 95.0 Å². The topological polar surface area (TPSA) is 149 Å². The highest BCUT2D eigenvalue weighted by atomic mass is 16.6. The van der Waals surface area contributed by atoms with E-state index in [1.165, 1.54) is 7.11 Å². The fraction of sp³-hybridized carbons (Fsp3) is 0.629. The number of piperidine rings is 1. The molecule has 2 fully saturated rings. The molecule has 48 heavy (non-hydrogen) atoms. The molecule has 1 aromatic carbocycles. The fourth-order valence-electron chi connectivity index (χ4n) is 7.29. The second-order valence-corrected chi connectivity index (χ2v) is 14.3. The molecule has 0 bridgehead atoms. The van der Waals surface area contributed by atoms with Crippen LogP contribution < -0.4 is 25.2 Å². The summed E-state index contributed by atoms with van der Waals surface area (Å²) < 4.78 is 11.3. The normalized spacial score (nSPS) is 23.2. The number of aliphatic hydroxyl groups excluding tert-OH is 1. The number of anilines is 4. The summed E-state index contributed by atoms with van der Waals surface area (Å²) in [6.07, 6.45) is 7.13. The smallest absolute Gasteiger partial charge is 0.410 e. The number of carbonyl (C=O) groups is 3. The second kappa shape index (κ2) is 14.2. The summed E-state index contributed by atoms with van der Waals surface area (Å²) in [7, 11) is 3.31. The minimum Gasteiger partial charge on any atom is -0.495 e. The molecule has 13 heteroatoms. The van der Waals surface area contributed by atoms with Gasteiger partial charge in [0.05, 0.1) is 19.0 Å². The number of aromatic nitrogens is 2. The lowest BCUT2D eigenvalue weighted by Gasteiger charge is -2.47. The molecule has 1 aliphatic carbocycles. The number of aliphatic hydroxyl groups is 1. The van der Waals surface area contributed by atoms with E-state index in [0.717, 1.165) is 31.5 Å². The largest absolute Gasteiger partial charge is 0.495 e. The summed E-state index contributed by atoms with van der Waals surface area (Å²) in [6.45, 7) is 10.2. The van der Waals surface area contributed by atoms with E-state index in [-0.39, 0.29) is 42.5 Å². The number of amides is 3. The number of likely N-dealkylation sites (N-methyl/N-ethyl adjacent to an activating group) is 1. The van der Waals surface area contributed by atoms with Crippen LogP contribution in [0, 0.1) is 5.92 Å². The molecule has 5 rings (SSSR count). The van der Waals surface area contributed by atoms with Gasteiger partial charge in [0.25, 0.3) is 5.91 Å². The van der Waals surface area contributed by atoms with Crippen molar-refractivity contribution in [1.29, 1.82) is 0 Å². The van der Waals surface area contributed by atoms with Crippen molar-refractivity contribution in [2.45, 2.75) is 103 Å². The third kappa shape index (κ3) is 7.15. The number of ether oxygens (including phenoxy) is 2. The molecule has 1 aromatic heterocycles. The van der Waals surface area contributed by atoms with Crippen LogP contribution in [0.25, 0.3) is 0 Å². The molecule has 3 N–H and O–H groups in total. The number of nitrogens with one attached hydrogen (secondary N) is 2. The molecule has 262 valence electrons. The number of methoxy groups -OCH3 is 1. The van der Waals surface area contributed by atoms with Crippen molar-refractivity contribution in [3.05, 3.63) is 30.0 Å². The minimum atomic E-state index is -0.707. The van der Waals surface area contributed by atoms with Crippen LogP contribution in [0.3, 0.4) is 0 Å². The molecule has 1 saturated carbocycles. The number of rotatable bonds is 9. The van der Waals surface area contributed by atoms with Gasteiger partial charge in [0.15, 0.2) is 5.82 Å². The van der Waals surface area contributed by atoms with Crippen LogP contribution in [0.15, 0.2) is 24.4 Å². The number of fused-ring (bicyclic) bond motifs is 1. The minimum absolute atomic E-state index is 0.0560. The summed E-state index contributed by atoms with van der Waals surface area (Å²) in [5.41, 5.74) is 0.343. The van der Waals surface area contributed by atoms with Gasteiger partial charge in [0.1, 0.15) is 23.1 Å². The molecule has 3 heterocycles. The van der Waals surface area contributed by atoms with E-state index in [9.17, 15) is 19.5 Å². The van der Waals surface area contributed by atoms with Crippen LogP contribution in [-0.2, 0) is 9.53 Å². The molecule has 3 amide bonds. The standard InChI is InChI=1S/C35H51N7O6/c1-8-26-31(45)40(6)27-20-36-32(38-29(27)42(26)24-11-9-10-12-24)37-25-14-13-23(19-28(25)47-7)30(44)39-35(16-18-43)15-17-41(21-22(35)2)33(46)48-34(3,4)5/h13-14,19-20,22,24,26,43H,8-12,15-18,21H2,1-7H3,(H,39,44)(H,36,37,38)/t22?,26-,35?/m1/s1. The Bertz CT molecular complexity index is 1510. The van der Waals surface area contributed by atoms with Crippen molar-refractivity contribution < 1.29 is 29.0 Å². The Hall–Kier alpha value is -4.13. The zero-order chi connectivity index (χ0) is 34.8. The van der Waals surface area contributed by atoms with Crippen LogP contribution in [0.2, 0.25) is 0 Å². The van der Waals surface area contributed by atoms with Gasteiger partial charge in [-0.15, -0.1) is 0 Å². The van der Waals surface area contributed by atoms with Gasteiger partial charge in [0, 0.05) is 43.9 Å². The molecular weight excluding hydrogens is 614 g/mol. The molecular formula is C35H51N7O6. The molecule has 2 unspecified atom stereocenters. The first-order valence-corrected chi connectivity index (χ1v) is 17.1. The van der Waals surface area contributed by atoms with Gasteiger partial charge in [-0.05, 0) is 77.0 Å². The number of carbonyl (C=O) groups excluding carboxylic acids is 3. The van der Waals surface area contributed by atoms with Crippen LogP contribution in [0.1, 0.15) is 89.9 Å². The van der Waals surface area contributed by atoms with Gasteiger partial charge in [-0.3, -0.25) is 9.59 Å². The number of nitrogens with zero attached hydrogens (tertiary/aromatic N) is 5. The Balaban J connectivity index is 1.34. The number of likely N-dealkylation sites (tertiary alicyclic amines) is 1. The summed E-state index contributed by atoms with van der Waals surface area (Å²) in [5.74, 6) is 1.15. The summed E-state index contributed by atoms with van der Waals surface area (Å²) in [6, 6.07) is 5.09. The van der Waals surface area contributed by atoms with E-state index < -0.39 is 11.1 Å². The lowest BCUT2D eigenvalue weighted by molar-refractivity contribution is -0.120. The van der Waals surface area contributed by atoms with Gasteiger partial charge in [-0.25, -0.2) is 9.78 Å². The molecule has 0 radical (unpaired) electrons. The van der Waals surface area contributed by atoms with Crippen molar-refractivity contribution in [2.75, 3.05) is 49.0 Å². The highest BCUT2D eigenvalue weighted by Gasteiger charge is 2.44. The summed E-state index contributed by atoms with van der Waals surface area (Å²) in [5, 5.41) is 16.4. The summed E-state index contributed by atoms with van der Waals surface area (Å²) >= 11 is 0. The zero-order valence-electron chi connectivity index (χ0n) is 29.3. The van der Waals surface area contributed by atoms with Gasteiger partial charge in [-0.1, -0.05) is 26.7 Å². The van der Waals surface area contributed by atoms with Crippen LogP contribution in [0.5, 0.6) is 5.75 Å². The quantitative estimate of drug-likeness (QED) is 0.339. The Kier molecular flexibility index (Phi) is 10.4. The maximum absolute atomic E-state index is 13.7. The van der Waals surface area contributed by atoms with Gasteiger partial charge >= 0.3 is 6.09 Å². The maximum atomic E-state index is 13.7. The monoisotopic (exact) mass is 665 g/mol. The van der Waals surface area contributed by atoms with Gasteiger partial charge in [-0.2, -0.15) is 4.98 Å². The van der Waals surface area contributed by atoms with Crippen molar-refractivity contribution in [1.82, 2.24) is 20.2 Å². The Labute approximate surface area is 283 Å². The van der Waals surface area contributed by atoms with Crippen LogP contribution >= 0.6 is 0 Å². The lowest BCUT2D eigenvalue weighted by atomic mass is 9.76. The van der Waals surface area contributed by atoms with Crippen molar-refractivity contribution in [2.24, 2.45) is 5.92 Å². The lowest BCUT2D eigenvalue weighted by Crippen LogP contribution is -2.61. The fourth-order valence-corrected chi connectivity index (χ4v) is 7.29. The number of hydrogen-bond donors (Lipinski definition) is 3. The second-order valence-electron chi connectivity index (χ2n) is 14.3. The van der Waals surface area contributed by atoms with Crippen LogP contribution in [0.4, 0.5) is 27.9 Å². The number of hydrogen-bond acceptors (Lipinski definition) is 10. The molecule has 13 nitrogen and oxygen atoms in total. The predicted octanol–water partition coefficient (Wildman–Crippen LogP) is 4.86. The van der Waals surface area contributed by atoms with E-state index in [0.29, 0.717) is 61.0 Å². The van der Waals surface area contributed by atoms with Gasteiger partial charge in [0.2, 0.25) is 11.9 Å². The summed E-state index contributed by atoms with van der Waals surface area (Å²) in [4.78, 5) is 54.6. The first kappa shape index (κ1) is 35.2. The first-order valence-electron chi connectivity index (χ1n) is 17.1. The molecule has 2 aromatic rings. The zero-order valence-corrected chi connectivity index (χ0v) is 29.3. The molecule has 0 spiro atoms. The SMILES string of the molecule is CC[C@@H]1C(=O)N(C)c2cnc(Nc3ccc(C(=O)NC4(CCO)CCN(C(=O)OC(C)(C)C)CC4C)cc3OC)nc2N1C1CCCC1. The average Bonchev–Trinajstić information content (AvgIpc) is 3.58. The predicted molar refractivity (Wildman–Crippen MR) is 184 cm³/mol. The third-order valence-electron chi connectivity index (χ3n) is 9.96. The average molecular weight is 666 g/mol. The van der Waals surface area contributed by atoms with E-state index in [1.807, 2.05) is 34.6 Å². The van der Waals surface area contributed by atoms with E-state index >= 15 is 0 Å². The molecule has 1 saturated heterocycles. The van der Waals surface area contributed by atoms with E-state index in [4.69, 9.17) is 14.5 Å². The Morgan fingerprint density at radius 1 is 1.19 bits per heavy atom. The maximum Gasteiger partial charge on any atom is 0.410 e. The molecule has 3 aliphatic rings. The third-order valence-corrected chi connectivity index (χ3v) is 9.96. The molecule has 3 atom stereocenters. The van der Waals surface area contributed by atoms with E-state index in [2.05, 4.69) is 20.5 Å². The molecule has 2 aliphatic heterocycles. The van der Waals surface area contributed by atoms with E-state index in [1.54, 1.807) is 41.2 Å². The highest BCUT2D eigenvalue weighted by molar-refractivity contribution is 6.04. The van der Waals surface area contributed by atoms with Gasteiger partial charge < -0.3 is 39.9 Å². The van der Waals surface area contributed by atoms with Crippen molar-refractivity contribution in [3.8, 4) is 5.75 Å². The van der Waals surface area contributed by atoms with Crippen molar-refractivity contribution in [3.63, 3.8) is 0 Å². The Morgan fingerprint density at radius 2 is 1.92 bits per heavy atom. The number of benzene rings is 1. The first-order chi connectivity index (χ1) is 22.8. The Morgan fingerprint density at radius 3 is 2.54 bits per heavy atom. The highest BCUT2D eigenvalue weighted by Crippen LogP contribution is 2.40.